The van der Waals surface area contributed by atoms with Crippen LogP contribution in [0.15, 0.2) is 36.3 Å². The molecular weight excluding hydrogens is 472 g/mol. The number of ketones is 1. The van der Waals surface area contributed by atoms with Crippen molar-refractivity contribution in [2.45, 2.75) is 31.8 Å². The minimum absolute atomic E-state index is 0.0494. The number of halogens is 4. The largest absolute Gasteiger partial charge is 0.401 e. The maximum atomic E-state index is 14.6. The van der Waals surface area contributed by atoms with Crippen molar-refractivity contribution in [2.75, 3.05) is 25.1 Å². The Kier molecular flexibility index (Phi) is 6.60. The maximum absolute atomic E-state index is 14.6. The Balaban J connectivity index is 1.71. The summed E-state index contributed by atoms with van der Waals surface area (Å²) in [5, 5.41) is 2.33. The summed E-state index contributed by atoms with van der Waals surface area (Å²) in [5.74, 6) is -6.87. The summed E-state index contributed by atoms with van der Waals surface area (Å²) >= 11 is 0. The molecule has 2 aromatic rings. The Morgan fingerprint density at radius 3 is 2.57 bits per heavy atom. The zero-order valence-corrected chi connectivity index (χ0v) is 18.6. The Hall–Kier alpha value is -3.38. The Bertz CT molecular complexity index is 1190. The zero-order valence-electron chi connectivity index (χ0n) is 18.6. The minimum Gasteiger partial charge on any atom is -0.401 e. The Morgan fingerprint density at radius 1 is 1.20 bits per heavy atom. The van der Waals surface area contributed by atoms with Gasteiger partial charge in [0.05, 0.1) is 30.0 Å². The van der Waals surface area contributed by atoms with Crippen molar-refractivity contribution in [3.63, 3.8) is 0 Å². The summed E-state index contributed by atoms with van der Waals surface area (Å²) in [6.07, 6.45) is 0.277. The summed E-state index contributed by atoms with van der Waals surface area (Å²) in [7, 11) is 0. The molecule has 1 amide bonds. The van der Waals surface area contributed by atoms with Crippen LogP contribution in [0.5, 0.6) is 0 Å². The smallest absolute Gasteiger partial charge is 0.296 e. The number of benzene rings is 1. The standard InChI is InChI=1S/C23H22F4N4O4/c1-22(8-34-9-22)17(28)7-15(32)21(33)31-20-18(13-6-12(24)2-3-14(13)25)29-11-30-19(20)16-4-5-23(26,27)10-35-16/h2-3,6-7,11,16H,4-5,8-10,28H2,1H3,(H,31,33)/b17-7-. The molecule has 35 heavy (non-hydrogen) atoms. The van der Waals surface area contributed by atoms with E-state index in [2.05, 4.69) is 15.3 Å². The summed E-state index contributed by atoms with van der Waals surface area (Å²) in [6.45, 7) is 1.44. The van der Waals surface area contributed by atoms with Crippen molar-refractivity contribution in [2.24, 2.45) is 11.1 Å². The van der Waals surface area contributed by atoms with Crippen LogP contribution < -0.4 is 11.1 Å². The number of ether oxygens (including phenoxy) is 2. The lowest BCUT2D eigenvalue weighted by atomic mass is 9.84. The zero-order chi connectivity index (χ0) is 25.4. The molecule has 12 heteroatoms. The molecule has 186 valence electrons. The normalized spacial score (nSPS) is 21.2. The van der Waals surface area contributed by atoms with Gasteiger partial charge in [-0.05, 0) is 31.5 Å². The molecule has 0 aliphatic carbocycles. The van der Waals surface area contributed by atoms with Crippen LogP contribution in [0.3, 0.4) is 0 Å². The van der Waals surface area contributed by atoms with Gasteiger partial charge in [-0.15, -0.1) is 0 Å². The number of aromatic nitrogens is 2. The maximum Gasteiger partial charge on any atom is 0.296 e. The highest BCUT2D eigenvalue weighted by atomic mass is 19.3. The highest BCUT2D eigenvalue weighted by Crippen LogP contribution is 2.40. The summed E-state index contributed by atoms with van der Waals surface area (Å²) in [6, 6.07) is 2.61. The number of nitrogens with two attached hydrogens (primary N) is 1. The first-order valence-electron chi connectivity index (χ1n) is 10.7. The van der Waals surface area contributed by atoms with E-state index in [1.807, 2.05) is 0 Å². The quantitative estimate of drug-likeness (QED) is 0.360. The van der Waals surface area contributed by atoms with Crippen molar-refractivity contribution in [3.05, 3.63) is 53.6 Å². The number of nitrogens with zero attached hydrogens (tertiary/aromatic N) is 2. The van der Waals surface area contributed by atoms with Gasteiger partial charge in [-0.1, -0.05) is 0 Å². The molecule has 0 radical (unpaired) electrons. The molecule has 0 bridgehead atoms. The third-order valence-electron chi connectivity index (χ3n) is 5.92. The van der Waals surface area contributed by atoms with Gasteiger partial charge in [-0.3, -0.25) is 9.59 Å². The second kappa shape index (κ2) is 9.34. The van der Waals surface area contributed by atoms with Crippen molar-refractivity contribution in [1.29, 1.82) is 0 Å². The number of amides is 1. The van der Waals surface area contributed by atoms with E-state index in [9.17, 15) is 27.2 Å². The number of carbonyl (C=O) groups excluding carboxylic acids is 2. The number of rotatable bonds is 6. The molecule has 3 heterocycles. The van der Waals surface area contributed by atoms with Gasteiger partial charge < -0.3 is 20.5 Å². The molecule has 1 unspecified atom stereocenters. The van der Waals surface area contributed by atoms with Crippen LogP contribution in [0, 0.1) is 17.0 Å². The van der Waals surface area contributed by atoms with Gasteiger partial charge in [0.25, 0.3) is 11.8 Å². The molecule has 1 aromatic heterocycles. The van der Waals surface area contributed by atoms with E-state index in [1.54, 1.807) is 6.92 Å². The topological polar surface area (TPSA) is 116 Å². The van der Waals surface area contributed by atoms with Gasteiger partial charge in [-0.2, -0.15) is 0 Å². The summed E-state index contributed by atoms with van der Waals surface area (Å²) in [4.78, 5) is 33.4. The number of hydrogen-bond acceptors (Lipinski definition) is 7. The van der Waals surface area contributed by atoms with E-state index in [0.717, 1.165) is 30.6 Å². The number of alkyl halides is 2. The predicted octanol–water partition coefficient (Wildman–Crippen LogP) is 3.30. The van der Waals surface area contributed by atoms with Crippen LogP contribution in [-0.4, -0.2) is 47.4 Å². The first kappa shape index (κ1) is 24.7. The third-order valence-corrected chi connectivity index (χ3v) is 5.92. The number of nitrogens with one attached hydrogen (secondary N) is 1. The van der Waals surface area contributed by atoms with Crippen LogP contribution in [0.4, 0.5) is 23.2 Å². The van der Waals surface area contributed by atoms with Crippen molar-refractivity contribution in [1.82, 2.24) is 9.97 Å². The molecule has 2 aliphatic heterocycles. The van der Waals surface area contributed by atoms with E-state index in [4.69, 9.17) is 15.2 Å². The summed E-state index contributed by atoms with van der Waals surface area (Å²) in [5.41, 5.74) is 4.62. The fourth-order valence-corrected chi connectivity index (χ4v) is 3.72. The first-order valence-corrected chi connectivity index (χ1v) is 10.7. The SMILES string of the molecule is CC1(/C(N)=C/C(=O)C(=O)Nc2c(-c3cc(F)ccc3F)ncnc2C2CCC(F)(F)CO2)COC1. The van der Waals surface area contributed by atoms with Gasteiger partial charge in [-0.25, -0.2) is 27.5 Å². The third kappa shape index (κ3) is 5.17. The molecule has 1 aromatic carbocycles. The number of anilines is 1. The van der Waals surface area contributed by atoms with Gasteiger partial charge in [0.2, 0.25) is 5.78 Å². The van der Waals surface area contributed by atoms with E-state index < -0.39 is 53.8 Å². The second-order valence-electron chi connectivity index (χ2n) is 8.77. The van der Waals surface area contributed by atoms with E-state index >= 15 is 0 Å². The lowest BCUT2D eigenvalue weighted by molar-refractivity contribution is -0.146. The highest BCUT2D eigenvalue weighted by molar-refractivity contribution is 6.45. The van der Waals surface area contributed by atoms with Crippen LogP contribution >= 0.6 is 0 Å². The lowest BCUT2D eigenvalue weighted by Gasteiger charge is -2.38. The molecule has 2 saturated heterocycles. The predicted molar refractivity (Wildman–Crippen MR) is 115 cm³/mol. The van der Waals surface area contributed by atoms with Crippen LogP contribution in [0.25, 0.3) is 11.3 Å². The molecule has 1 atom stereocenters. The average Bonchev–Trinajstić information content (AvgIpc) is 2.79. The van der Waals surface area contributed by atoms with Gasteiger partial charge in [0.1, 0.15) is 36.4 Å². The lowest BCUT2D eigenvalue weighted by Crippen LogP contribution is -2.44. The van der Waals surface area contributed by atoms with Gasteiger partial charge in [0, 0.05) is 23.8 Å². The molecule has 8 nitrogen and oxygen atoms in total. The molecular formula is C23H22F4N4O4. The monoisotopic (exact) mass is 494 g/mol. The van der Waals surface area contributed by atoms with Crippen molar-refractivity contribution in [3.8, 4) is 11.3 Å². The van der Waals surface area contributed by atoms with E-state index in [1.165, 1.54) is 0 Å². The minimum atomic E-state index is -3.04. The Morgan fingerprint density at radius 2 is 1.94 bits per heavy atom. The fourth-order valence-electron chi connectivity index (χ4n) is 3.72. The van der Waals surface area contributed by atoms with Crippen molar-refractivity contribution < 1.29 is 36.6 Å². The second-order valence-corrected chi connectivity index (χ2v) is 8.77. The van der Waals surface area contributed by atoms with Gasteiger partial charge >= 0.3 is 0 Å². The fraction of sp³-hybridized carbons (Fsp3) is 0.391. The number of hydrogen-bond donors (Lipinski definition) is 2. The van der Waals surface area contributed by atoms with Crippen LogP contribution in [0.2, 0.25) is 0 Å². The number of carbonyl (C=O) groups is 2. The molecule has 2 aliphatic rings. The molecule has 0 spiro atoms. The van der Waals surface area contributed by atoms with Crippen LogP contribution in [0.1, 0.15) is 31.6 Å². The van der Waals surface area contributed by atoms with E-state index in [0.29, 0.717) is 0 Å². The Labute approximate surface area is 197 Å². The van der Waals surface area contributed by atoms with Crippen molar-refractivity contribution >= 4 is 17.4 Å². The molecule has 3 N–H and O–H groups in total. The van der Waals surface area contributed by atoms with E-state index in [-0.39, 0.29) is 48.0 Å². The highest BCUT2D eigenvalue weighted by Gasteiger charge is 2.39. The van der Waals surface area contributed by atoms with Crippen LogP contribution in [-0.2, 0) is 19.1 Å². The molecule has 4 rings (SSSR count). The molecule has 0 saturated carbocycles. The summed E-state index contributed by atoms with van der Waals surface area (Å²) < 4.78 is 66.0. The van der Waals surface area contributed by atoms with Gasteiger partial charge in [0.15, 0.2) is 0 Å². The molecule has 2 fully saturated rings. The average molecular weight is 494 g/mol. The first-order chi connectivity index (χ1) is 16.5.